The lowest BCUT2D eigenvalue weighted by Gasteiger charge is -2.50. The van der Waals surface area contributed by atoms with E-state index in [1.54, 1.807) is 6.92 Å². The van der Waals surface area contributed by atoms with Crippen LogP contribution in [0.15, 0.2) is 29.7 Å². The van der Waals surface area contributed by atoms with Gasteiger partial charge in [0.15, 0.2) is 0 Å². The number of carbonyl (C=O) groups excluding carboxylic acids is 2. The second kappa shape index (κ2) is 10.5. The average Bonchev–Trinajstić information content (AvgIpc) is 2.75. The van der Waals surface area contributed by atoms with Crippen LogP contribution in [0.2, 0.25) is 0 Å². The number of carbonyl (C=O) groups is 3. The van der Waals surface area contributed by atoms with Gasteiger partial charge < -0.3 is 24.8 Å². The van der Waals surface area contributed by atoms with Gasteiger partial charge in [-0.1, -0.05) is 23.8 Å². The zero-order chi connectivity index (χ0) is 23.3. The molecule has 2 aliphatic heterocycles. The minimum absolute atomic E-state index is 0.0145. The first kappa shape index (κ1) is 23.6. The van der Waals surface area contributed by atoms with Crippen molar-refractivity contribution in [3.8, 4) is 0 Å². The van der Waals surface area contributed by atoms with Crippen molar-refractivity contribution in [2.45, 2.75) is 40.2 Å². The molecule has 0 bridgehead atoms. The Balaban J connectivity index is 0.000000913. The Labute approximate surface area is 188 Å². The summed E-state index contributed by atoms with van der Waals surface area (Å²) in [7, 11) is 0. The molecule has 2 heterocycles. The Morgan fingerprint density at radius 1 is 1.22 bits per heavy atom. The summed E-state index contributed by atoms with van der Waals surface area (Å²) in [6.45, 7) is 8.43. The fraction of sp³-hybridized carbons (Fsp3) is 0.542. The van der Waals surface area contributed by atoms with Gasteiger partial charge in [-0.05, 0) is 56.6 Å². The van der Waals surface area contributed by atoms with E-state index in [0.29, 0.717) is 43.7 Å². The molecule has 3 atom stereocenters. The summed E-state index contributed by atoms with van der Waals surface area (Å²) in [5.74, 6) is 1.63. The fourth-order valence-electron chi connectivity index (χ4n) is 4.74. The van der Waals surface area contributed by atoms with Crippen LogP contribution in [0.5, 0.6) is 0 Å². The molecule has 3 aliphatic rings. The number of benzene rings is 1. The maximum Gasteiger partial charge on any atom is 0.292 e. The molecule has 32 heavy (non-hydrogen) atoms. The van der Waals surface area contributed by atoms with Gasteiger partial charge in [0, 0.05) is 25.6 Å². The standard InChI is InChI=1S/C23H30N2O4.CH2O2/c1-14-4-5-15(2)18(10-14)12-24-22(26)19-11-17-6-7-25(13-20(17)19)23(27)21-16(3)28-8-9-29-21;2-1-3/h4-5,10,17,19-20H,6-9,11-13H2,1-3H3,(H,24,26);1H,(H,2,3)/t17-,19-,20-;/m1./s1. The minimum atomic E-state index is -0.250. The molecule has 1 aliphatic carbocycles. The Kier molecular flexibility index (Phi) is 7.77. The summed E-state index contributed by atoms with van der Waals surface area (Å²) in [6, 6.07) is 6.31. The van der Waals surface area contributed by atoms with Crippen molar-refractivity contribution < 1.29 is 29.0 Å². The van der Waals surface area contributed by atoms with Crippen molar-refractivity contribution in [2.24, 2.45) is 17.8 Å². The van der Waals surface area contributed by atoms with Gasteiger partial charge in [0.25, 0.3) is 12.4 Å². The lowest BCUT2D eigenvalue weighted by Crippen LogP contribution is -2.56. The third kappa shape index (κ3) is 5.23. The molecule has 0 spiro atoms. The monoisotopic (exact) mass is 444 g/mol. The highest BCUT2D eigenvalue weighted by molar-refractivity contribution is 5.92. The normalized spacial score (nSPS) is 24.0. The highest BCUT2D eigenvalue weighted by atomic mass is 16.6. The van der Waals surface area contributed by atoms with E-state index in [-0.39, 0.29) is 30.1 Å². The number of nitrogens with zero attached hydrogens (tertiary/aromatic N) is 1. The average molecular weight is 445 g/mol. The summed E-state index contributed by atoms with van der Waals surface area (Å²) in [6.07, 6.45) is 1.87. The Hall–Kier alpha value is -3.03. The number of rotatable bonds is 4. The van der Waals surface area contributed by atoms with Crippen molar-refractivity contribution in [1.82, 2.24) is 10.2 Å². The largest absolute Gasteiger partial charge is 0.491 e. The van der Waals surface area contributed by atoms with Gasteiger partial charge in [-0.3, -0.25) is 14.4 Å². The molecular formula is C24H32N2O6. The molecule has 1 saturated heterocycles. The number of aryl methyl sites for hydroxylation is 2. The number of likely N-dealkylation sites (tertiary alicyclic amines) is 1. The molecule has 0 unspecified atom stereocenters. The molecule has 1 saturated carbocycles. The van der Waals surface area contributed by atoms with Crippen LogP contribution in [0.4, 0.5) is 0 Å². The van der Waals surface area contributed by atoms with E-state index in [1.165, 1.54) is 11.1 Å². The van der Waals surface area contributed by atoms with Crippen LogP contribution in [0.3, 0.4) is 0 Å². The Morgan fingerprint density at radius 3 is 2.66 bits per heavy atom. The molecule has 4 rings (SSSR count). The molecule has 1 aromatic carbocycles. The third-order valence-electron chi connectivity index (χ3n) is 6.62. The number of allylic oxidation sites excluding steroid dienone is 1. The van der Waals surface area contributed by atoms with Gasteiger partial charge in [-0.25, -0.2) is 0 Å². The number of piperidine rings is 1. The number of amides is 2. The van der Waals surface area contributed by atoms with Crippen molar-refractivity contribution in [3.63, 3.8) is 0 Å². The molecule has 8 nitrogen and oxygen atoms in total. The maximum atomic E-state index is 12.9. The molecule has 1 aromatic rings. The lowest BCUT2D eigenvalue weighted by atomic mass is 9.61. The number of hydrogen-bond acceptors (Lipinski definition) is 5. The Bertz CT molecular complexity index is 896. The lowest BCUT2D eigenvalue weighted by molar-refractivity contribution is -0.146. The van der Waals surface area contributed by atoms with E-state index < -0.39 is 0 Å². The van der Waals surface area contributed by atoms with E-state index in [0.717, 1.165) is 24.9 Å². The van der Waals surface area contributed by atoms with E-state index in [2.05, 4.69) is 37.4 Å². The second-order valence-corrected chi connectivity index (χ2v) is 8.64. The molecule has 0 aromatic heterocycles. The van der Waals surface area contributed by atoms with E-state index in [9.17, 15) is 9.59 Å². The number of carboxylic acid groups (broad SMARTS) is 1. The van der Waals surface area contributed by atoms with Crippen molar-refractivity contribution >= 4 is 18.3 Å². The van der Waals surface area contributed by atoms with Crippen LogP contribution in [0.25, 0.3) is 0 Å². The van der Waals surface area contributed by atoms with E-state index in [1.807, 2.05) is 4.90 Å². The predicted molar refractivity (Wildman–Crippen MR) is 117 cm³/mol. The minimum Gasteiger partial charge on any atom is -0.491 e. The number of nitrogens with one attached hydrogen (secondary N) is 1. The maximum absolute atomic E-state index is 12.9. The molecule has 0 radical (unpaired) electrons. The molecule has 174 valence electrons. The molecule has 8 heteroatoms. The van der Waals surface area contributed by atoms with Gasteiger partial charge in [0.05, 0.1) is 0 Å². The van der Waals surface area contributed by atoms with Crippen LogP contribution in [-0.4, -0.2) is 54.6 Å². The summed E-state index contributed by atoms with van der Waals surface area (Å²) in [5, 5.41) is 10.0. The SMILES string of the molecule is CC1=C(C(=O)N2CC[C@@H]3C[C@@H](C(=O)NCc4cc(C)ccc4C)[C@@H]3C2)OCCO1.O=CO. The second-order valence-electron chi connectivity index (χ2n) is 8.64. The summed E-state index contributed by atoms with van der Waals surface area (Å²) >= 11 is 0. The topological polar surface area (TPSA) is 105 Å². The van der Waals surface area contributed by atoms with Crippen LogP contribution in [0, 0.1) is 31.6 Å². The summed E-state index contributed by atoms with van der Waals surface area (Å²) in [4.78, 5) is 35.9. The van der Waals surface area contributed by atoms with E-state index in [4.69, 9.17) is 19.4 Å². The molecule has 2 amide bonds. The number of fused-ring (bicyclic) bond motifs is 1. The molecule has 2 N–H and O–H groups in total. The zero-order valence-electron chi connectivity index (χ0n) is 18.9. The summed E-state index contributed by atoms with van der Waals surface area (Å²) in [5.41, 5.74) is 3.55. The quantitative estimate of drug-likeness (QED) is 0.691. The third-order valence-corrected chi connectivity index (χ3v) is 6.62. The Morgan fingerprint density at radius 2 is 1.94 bits per heavy atom. The highest BCUT2D eigenvalue weighted by Gasteiger charge is 2.48. The highest BCUT2D eigenvalue weighted by Crippen LogP contribution is 2.46. The number of ether oxygens (including phenoxy) is 2. The zero-order valence-corrected chi connectivity index (χ0v) is 18.9. The molecule has 2 fully saturated rings. The first-order chi connectivity index (χ1) is 15.3. The van der Waals surface area contributed by atoms with Gasteiger partial charge in [0.2, 0.25) is 11.7 Å². The predicted octanol–water partition coefficient (Wildman–Crippen LogP) is 2.38. The van der Waals surface area contributed by atoms with Crippen molar-refractivity contribution in [3.05, 3.63) is 46.4 Å². The number of hydrogen-bond donors (Lipinski definition) is 2. The van der Waals surface area contributed by atoms with Crippen LogP contribution < -0.4 is 5.32 Å². The van der Waals surface area contributed by atoms with Crippen molar-refractivity contribution in [1.29, 1.82) is 0 Å². The van der Waals surface area contributed by atoms with Gasteiger partial charge in [-0.15, -0.1) is 0 Å². The van der Waals surface area contributed by atoms with Crippen molar-refractivity contribution in [2.75, 3.05) is 26.3 Å². The first-order valence-corrected chi connectivity index (χ1v) is 11.0. The van der Waals surface area contributed by atoms with Crippen LogP contribution >= 0.6 is 0 Å². The van der Waals surface area contributed by atoms with Gasteiger partial charge in [-0.2, -0.15) is 0 Å². The van der Waals surface area contributed by atoms with Gasteiger partial charge in [0.1, 0.15) is 19.0 Å². The smallest absolute Gasteiger partial charge is 0.292 e. The van der Waals surface area contributed by atoms with Crippen LogP contribution in [-0.2, 0) is 30.4 Å². The molecular weight excluding hydrogens is 412 g/mol. The van der Waals surface area contributed by atoms with E-state index >= 15 is 0 Å². The summed E-state index contributed by atoms with van der Waals surface area (Å²) < 4.78 is 11.0. The fourth-order valence-corrected chi connectivity index (χ4v) is 4.74. The van der Waals surface area contributed by atoms with Crippen LogP contribution in [0.1, 0.15) is 36.5 Å². The first-order valence-electron chi connectivity index (χ1n) is 11.0. The van der Waals surface area contributed by atoms with Gasteiger partial charge >= 0.3 is 0 Å².